The van der Waals surface area contributed by atoms with Crippen molar-refractivity contribution >= 4 is 17.5 Å². The van der Waals surface area contributed by atoms with Crippen LogP contribution < -0.4 is 0 Å². The number of hydrogen-bond donors (Lipinski definition) is 0. The number of Topliss-reactive ketones (excluding diaryl/α,β-unsaturated/α-hetero) is 1. The summed E-state index contributed by atoms with van der Waals surface area (Å²) in [6, 6.07) is 4.04. The van der Waals surface area contributed by atoms with E-state index in [1.807, 2.05) is 27.0 Å². The van der Waals surface area contributed by atoms with Gasteiger partial charge in [0, 0.05) is 12.6 Å². The first-order valence-corrected chi connectivity index (χ1v) is 7.05. The summed E-state index contributed by atoms with van der Waals surface area (Å²) in [4.78, 5) is 16.4. The lowest BCUT2D eigenvalue weighted by molar-refractivity contribution is 0.102. The van der Waals surface area contributed by atoms with Gasteiger partial charge in [-0.15, -0.1) is 0 Å². The van der Waals surface area contributed by atoms with E-state index in [-0.39, 0.29) is 5.78 Å². The molecular weight excluding hydrogens is 258 g/mol. The topological polar surface area (TPSA) is 47.8 Å². The minimum absolute atomic E-state index is 0.133. The Morgan fingerprint density at radius 2 is 1.89 bits per heavy atom. The fourth-order valence-corrected chi connectivity index (χ4v) is 2.66. The van der Waals surface area contributed by atoms with E-state index < -0.39 is 0 Å². The SMILES string of the molecule is Cc1cc(C)c(C(=O)CSc2ncnn2C)cc1C. The van der Waals surface area contributed by atoms with Crippen LogP contribution in [0, 0.1) is 20.8 Å². The van der Waals surface area contributed by atoms with Gasteiger partial charge in [-0.25, -0.2) is 9.67 Å². The van der Waals surface area contributed by atoms with Crippen LogP contribution in [0.3, 0.4) is 0 Å². The van der Waals surface area contributed by atoms with Gasteiger partial charge in [-0.2, -0.15) is 5.10 Å². The lowest BCUT2D eigenvalue weighted by Gasteiger charge is -2.08. The minimum atomic E-state index is 0.133. The first kappa shape index (κ1) is 13.8. The van der Waals surface area contributed by atoms with Crippen LogP contribution in [-0.4, -0.2) is 26.3 Å². The molecule has 19 heavy (non-hydrogen) atoms. The van der Waals surface area contributed by atoms with Crippen molar-refractivity contribution in [2.75, 3.05) is 5.75 Å². The van der Waals surface area contributed by atoms with E-state index in [4.69, 9.17) is 0 Å². The molecule has 0 aliphatic rings. The number of thioether (sulfide) groups is 1. The van der Waals surface area contributed by atoms with E-state index in [9.17, 15) is 4.79 Å². The molecule has 4 nitrogen and oxygen atoms in total. The van der Waals surface area contributed by atoms with Gasteiger partial charge in [-0.3, -0.25) is 4.79 Å². The molecule has 5 heteroatoms. The monoisotopic (exact) mass is 275 g/mol. The molecule has 1 heterocycles. The molecule has 0 unspecified atom stereocenters. The summed E-state index contributed by atoms with van der Waals surface area (Å²) in [5.74, 6) is 0.518. The zero-order valence-electron chi connectivity index (χ0n) is 11.6. The highest BCUT2D eigenvalue weighted by Crippen LogP contribution is 2.20. The third-order valence-electron chi connectivity index (χ3n) is 3.14. The zero-order chi connectivity index (χ0) is 14.0. The number of nitrogens with zero attached hydrogens (tertiary/aromatic N) is 3. The van der Waals surface area contributed by atoms with Crippen LogP contribution in [0.1, 0.15) is 27.0 Å². The van der Waals surface area contributed by atoms with E-state index in [2.05, 4.69) is 23.1 Å². The summed E-state index contributed by atoms with van der Waals surface area (Å²) >= 11 is 1.42. The molecule has 0 aliphatic heterocycles. The van der Waals surface area contributed by atoms with E-state index in [0.717, 1.165) is 21.8 Å². The van der Waals surface area contributed by atoms with E-state index in [1.165, 1.54) is 23.7 Å². The van der Waals surface area contributed by atoms with Gasteiger partial charge < -0.3 is 0 Å². The molecule has 0 spiro atoms. The summed E-state index contributed by atoms with van der Waals surface area (Å²) in [6.45, 7) is 6.07. The maximum atomic E-state index is 12.3. The van der Waals surface area contributed by atoms with Crippen LogP contribution in [0.2, 0.25) is 0 Å². The standard InChI is InChI=1S/C14H17N3OS/c1-9-5-11(3)12(6-10(9)2)13(18)7-19-14-15-8-16-17(14)4/h5-6,8H,7H2,1-4H3. The van der Waals surface area contributed by atoms with Gasteiger partial charge in [-0.05, 0) is 43.5 Å². The van der Waals surface area contributed by atoms with Crippen LogP contribution in [0.25, 0.3) is 0 Å². The average Bonchev–Trinajstić information content (AvgIpc) is 2.76. The van der Waals surface area contributed by atoms with Gasteiger partial charge in [0.15, 0.2) is 10.9 Å². The average molecular weight is 275 g/mol. The summed E-state index contributed by atoms with van der Waals surface area (Å²) in [5, 5.41) is 4.74. The number of benzene rings is 1. The molecule has 0 atom stereocenters. The Balaban J connectivity index is 2.12. The Morgan fingerprint density at radius 3 is 2.53 bits per heavy atom. The maximum Gasteiger partial charge on any atom is 0.186 e. The van der Waals surface area contributed by atoms with Crippen molar-refractivity contribution in [1.29, 1.82) is 0 Å². The Morgan fingerprint density at radius 1 is 1.21 bits per heavy atom. The van der Waals surface area contributed by atoms with Crippen molar-refractivity contribution < 1.29 is 4.79 Å². The number of carbonyl (C=O) groups excluding carboxylic acids is 1. The second-order valence-electron chi connectivity index (χ2n) is 4.63. The molecule has 2 aromatic rings. The molecule has 0 saturated carbocycles. The summed E-state index contributed by atoms with van der Waals surface area (Å²) in [7, 11) is 1.82. The van der Waals surface area contributed by atoms with Crippen molar-refractivity contribution in [1.82, 2.24) is 14.8 Å². The fourth-order valence-electron chi connectivity index (χ4n) is 1.89. The van der Waals surface area contributed by atoms with Crippen molar-refractivity contribution in [2.45, 2.75) is 25.9 Å². The lowest BCUT2D eigenvalue weighted by atomic mass is 9.99. The molecule has 0 aliphatic carbocycles. The highest BCUT2D eigenvalue weighted by atomic mass is 32.2. The summed E-state index contributed by atoms with van der Waals surface area (Å²) < 4.78 is 1.67. The van der Waals surface area contributed by atoms with E-state index in [0.29, 0.717) is 5.75 Å². The third kappa shape index (κ3) is 3.04. The van der Waals surface area contributed by atoms with Crippen molar-refractivity contribution in [3.8, 4) is 0 Å². The maximum absolute atomic E-state index is 12.3. The Hall–Kier alpha value is -1.62. The summed E-state index contributed by atoms with van der Waals surface area (Å²) in [5.41, 5.74) is 4.21. The zero-order valence-corrected chi connectivity index (χ0v) is 12.4. The van der Waals surface area contributed by atoms with Crippen molar-refractivity contribution in [2.24, 2.45) is 7.05 Å². The molecule has 0 radical (unpaired) electrons. The number of aromatic nitrogens is 3. The number of aryl methyl sites for hydroxylation is 4. The van der Waals surface area contributed by atoms with E-state index in [1.54, 1.807) is 4.68 Å². The van der Waals surface area contributed by atoms with Crippen molar-refractivity contribution in [3.05, 3.63) is 40.7 Å². The molecule has 2 rings (SSSR count). The van der Waals surface area contributed by atoms with Gasteiger partial charge >= 0.3 is 0 Å². The van der Waals surface area contributed by atoms with Gasteiger partial charge in [0.1, 0.15) is 6.33 Å². The predicted molar refractivity (Wildman–Crippen MR) is 76.7 cm³/mol. The molecule has 0 amide bonds. The van der Waals surface area contributed by atoms with Crippen molar-refractivity contribution in [3.63, 3.8) is 0 Å². The van der Waals surface area contributed by atoms with Crippen LogP contribution >= 0.6 is 11.8 Å². The number of carbonyl (C=O) groups is 1. The van der Waals surface area contributed by atoms with Gasteiger partial charge in [-0.1, -0.05) is 17.8 Å². The van der Waals surface area contributed by atoms with Crippen LogP contribution in [0.15, 0.2) is 23.6 Å². The van der Waals surface area contributed by atoms with Crippen LogP contribution in [-0.2, 0) is 7.05 Å². The molecule has 0 bridgehead atoms. The second-order valence-corrected chi connectivity index (χ2v) is 5.57. The molecule has 100 valence electrons. The smallest absolute Gasteiger partial charge is 0.186 e. The molecule has 0 fully saturated rings. The molecule has 1 aromatic heterocycles. The lowest BCUT2D eigenvalue weighted by Crippen LogP contribution is -2.07. The highest BCUT2D eigenvalue weighted by molar-refractivity contribution is 7.99. The number of rotatable bonds is 4. The molecule has 0 saturated heterocycles. The summed E-state index contributed by atoms with van der Waals surface area (Å²) in [6.07, 6.45) is 1.49. The number of hydrogen-bond acceptors (Lipinski definition) is 4. The largest absolute Gasteiger partial charge is 0.293 e. The molecule has 1 aromatic carbocycles. The third-order valence-corrected chi connectivity index (χ3v) is 4.18. The normalized spacial score (nSPS) is 10.7. The Kier molecular flexibility index (Phi) is 4.04. The quantitative estimate of drug-likeness (QED) is 0.636. The van der Waals surface area contributed by atoms with E-state index >= 15 is 0 Å². The minimum Gasteiger partial charge on any atom is -0.293 e. The first-order valence-electron chi connectivity index (χ1n) is 6.07. The second kappa shape index (κ2) is 5.57. The van der Waals surface area contributed by atoms with Crippen LogP contribution in [0.4, 0.5) is 0 Å². The van der Waals surface area contributed by atoms with Gasteiger partial charge in [0.25, 0.3) is 0 Å². The number of ketones is 1. The first-order chi connectivity index (χ1) is 8.99. The predicted octanol–water partition coefficient (Wildman–Crippen LogP) is 2.72. The van der Waals surface area contributed by atoms with Crippen LogP contribution in [0.5, 0.6) is 0 Å². The van der Waals surface area contributed by atoms with Gasteiger partial charge in [0.2, 0.25) is 0 Å². The molecular formula is C14H17N3OS. The van der Waals surface area contributed by atoms with Gasteiger partial charge in [0.05, 0.1) is 5.75 Å². The Bertz CT molecular complexity index is 619. The highest BCUT2D eigenvalue weighted by Gasteiger charge is 2.12. The Labute approximate surface area is 117 Å². The fraction of sp³-hybridized carbons (Fsp3) is 0.357. The molecule has 0 N–H and O–H groups in total.